The van der Waals surface area contributed by atoms with Crippen molar-refractivity contribution in [2.75, 3.05) is 6.54 Å². The summed E-state index contributed by atoms with van der Waals surface area (Å²) in [6, 6.07) is -2.03. The number of rotatable bonds is 6. The van der Waals surface area contributed by atoms with Gasteiger partial charge in [0.05, 0.1) is 6.42 Å². The summed E-state index contributed by atoms with van der Waals surface area (Å²) < 4.78 is 0. The summed E-state index contributed by atoms with van der Waals surface area (Å²) in [5.41, 5.74) is 0. The van der Waals surface area contributed by atoms with E-state index in [0.29, 0.717) is 12.5 Å². The van der Waals surface area contributed by atoms with Crippen LogP contribution in [-0.4, -0.2) is 40.8 Å². The number of carboxylic acid groups (broad SMARTS) is 2. The fourth-order valence-corrected chi connectivity index (χ4v) is 1.14. The average Bonchev–Trinajstić information content (AvgIpc) is 2.96. The van der Waals surface area contributed by atoms with Gasteiger partial charge in [-0.05, 0) is 18.8 Å². The number of amides is 2. The van der Waals surface area contributed by atoms with Gasteiger partial charge in [0, 0.05) is 6.54 Å². The van der Waals surface area contributed by atoms with Crippen LogP contribution in [0.1, 0.15) is 19.3 Å². The Labute approximate surface area is 91.8 Å². The first-order valence-corrected chi connectivity index (χ1v) is 4.98. The lowest BCUT2D eigenvalue weighted by molar-refractivity contribution is -0.145. The molecule has 0 unspecified atom stereocenters. The Balaban J connectivity index is 2.30. The predicted octanol–water partition coefficient (Wildman–Crippen LogP) is -0.377. The van der Waals surface area contributed by atoms with Gasteiger partial charge >= 0.3 is 18.0 Å². The monoisotopic (exact) mass is 230 g/mol. The Morgan fingerprint density at radius 2 is 1.88 bits per heavy atom. The minimum atomic E-state index is -1.39. The molecule has 90 valence electrons. The number of aliphatic carboxylic acids is 2. The maximum atomic E-state index is 11.2. The van der Waals surface area contributed by atoms with Crippen molar-refractivity contribution < 1.29 is 24.6 Å². The number of carboxylic acids is 2. The first-order chi connectivity index (χ1) is 7.49. The summed E-state index contributed by atoms with van der Waals surface area (Å²) >= 11 is 0. The Morgan fingerprint density at radius 1 is 1.25 bits per heavy atom. The molecule has 0 aliphatic heterocycles. The van der Waals surface area contributed by atoms with E-state index in [1.807, 2.05) is 0 Å². The molecule has 0 aromatic rings. The highest BCUT2D eigenvalue weighted by Crippen LogP contribution is 2.27. The highest BCUT2D eigenvalue weighted by atomic mass is 16.4. The van der Waals surface area contributed by atoms with Gasteiger partial charge in [0.2, 0.25) is 0 Å². The molecule has 0 aromatic heterocycles. The van der Waals surface area contributed by atoms with Crippen molar-refractivity contribution in [2.45, 2.75) is 25.3 Å². The third kappa shape index (κ3) is 4.63. The van der Waals surface area contributed by atoms with Crippen molar-refractivity contribution >= 4 is 18.0 Å². The zero-order valence-electron chi connectivity index (χ0n) is 8.60. The Morgan fingerprint density at radius 3 is 2.31 bits per heavy atom. The van der Waals surface area contributed by atoms with Crippen LogP contribution >= 0.6 is 0 Å². The zero-order chi connectivity index (χ0) is 12.1. The molecule has 1 saturated carbocycles. The maximum Gasteiger partial charge on any atom is 0.326 e. The van der Waals surface area contributed by atoms with E-state index in [9.17, 15) is 14.4 Å². The SMILES string of the molecule is O=C(O)C[C@@H](NC(=O)NCC1CC1)C(=O)O. The number of carbonyl (C=O) groups excluding carboxylic acids is 1. The number of urea groups is 1. The minimum absolute atomic E-state index is 0.480. The summed E-state index contributed by atoms with van der Waals surface area (Å²) in [6.45, 7) is 0.505. The van der Waals surface area contributed by atoms with Gasteiger partial charge in [-0.25, -0.2) is 9.59 Å². The fourth-order valence-electron chi connectivity index (χ4n) is 1.14. The first kappa shape index (κ1) is 12.3. The second kappa shape index (κ2) is 5.34. The van der Waals surface area contributed by atoms with Crippen LogP contribution in [0, 0.1) is 5.92 Å². The first-order valence-electron chi connectivity index (χ1n) is 4.98. The van der Waals surface area contributed by atoms with Crippen molar-refractivity contribution in [1.82, 2.24) is 10.6 Å². The molecule has 0 radical (unpaired) electrons. The number of hydrogen-bond donors (Lipinski definition) is 4. The van der Waals surface area contributed by atoms with Crippen LogP contribution in [0.2, 0.25) is 0 Å². The van der Waals surface area contributed by atoms with Gasteiger partial charge in [0.15, 0.2) is 0 Å². The molecule has 0 aromatic carbocycles. The average molecular weight is 230 g/mol. The Kier molecular flexibility index (Phi) is 4.10. The van der Waals surface area contributed by atoms with Crippen LogP contribution in [0.4, 0.5) is 4.79 Å². The zero-order valence-corrected chi connectivity index (χ0v) is 8.60. The van der Waals surface area contributed by atoms with Gasteiger partial charge < -0.3 is 20.8 Å². The molecule has 2 amide bonds. The molecule has 0 saturated heterocycles. The van der Waals surface area contributed by atoms with Crippen molar-refractivity contribution in [3.63, 3.8) is 0 Å². The van der Waals surface area contributed by atoms with E-state index in [4.69, 9.17) is 10.2 Å². The van der Waals surface area contributed by atoms with E-state index in [0.717, 1.165) is 12.8 Å². The summed E-state index contributed by atoms with van der Waals surface area (Å²) in [7, 11) is 0. The smallest absolute Gasteiger partial charge is 0.326 e. The van der Waals surface area contributed by atoms with Gasteiger partial charge in [-0.2, -0.15) is 0 Å². The van der Waals surface area contributed by atoms with Crippen molar-refractivity contribution in [2.24, 2.45) is 5.92 Å². The minimum Gasteiger partial charge on any atom is -0.481 e. The standard InChI is InChI=1S/C9H14N2O5/c12-7(13)3-6(8(14)15)11-9(16)10-4-5-1-2-5/h5-6H,1-4H2,(H,12,13)(H,14,15)(H2,10,11,16)/t6-/m1/s1. The predicted molar refractivity (Wildman–Crippen MR) is 52.9 cm³/mol. The molecule has 1 fully saturated rings. The highest BCUT2D eigenvalue weighted by molar-refractivity contribution is 5.86. The van der Waals surface area contributed by atoms with E-state index < -0.39 is 30.4 Å². The lowest BCUT2D eigenvalue weighted by Gasteiger charge is -2.12. The summed E-state index contributed by atoms with van der Waals surface area (Å²) in [5, 5.41) is 21.7. The molecule has 1 aliphatic rings. The molecule has 1 rings (SSSR count). The molecular weight excluding hydrogens is 216 g/mol. The maximum absolute atomic E-state index is 11.2. The fraction of sp³-hybridized carbons (Fsp3) is 0.667. The molecule has 0 spiro atoms. The molecule has 16 heavy (non-hydrogen) atoms. The quantitative estimate of drug-likeness (QED) is 0.496. The van der Waals surface area contributed by atoms with Gasteiger partial charge in [0.25, 0.3) is 0 Å². The topological polar surface area (TPSA) is 116 Å². The van der Waals surface area contributed by atoms with Gasteiger partial charge in [-0.15, -0.1) is 0 Å². The Bertz CT molecular complexity index is 300. The summed E-state index contributed by atoms with van der Waals surface area (Å²) in [5.74, 6) is -2.15. The van der Waals surface area contributed by atoms with Gasteiger partial charge in [-0.1, -0.05) is 0 Å². The van der Waals surface area contributed by atoms with E-state index in [2.05, 4.69) is 10.6 Å². The largest absolute Gasteiger partial charge is 0.481 e. The van der Waals surface area contributed by atoms with E-state index in [1.54, 1.807) is 0 Å². The molecule has 0 bridgehead atoms. The van der Waals surface area contributed by atoms with Crippen molar-refractivity contribution in [1.29, 1.82) is 0 Å². The lowest BCUT2D eigenvalue weighted by Crippen LogP contribution is -2.47. The van der Waals surface area contributed by atoms with Crippen molar-refractivity contribution in [3.05, 3.63) is 0 Å². The van der Waals surface area contributed by atoms with Gasteiger partial charge in [-0.3, -0.25) is 4.79 Å². The molecule has 4 N–H and O–H groups in total. The number of carbonyl (C=O) groups is 3. The third-order valence-corrected chi connectivity index (χ3v) is 2.23. The van der Waals surface area contributed by atoms with Crippen LogP contribution in [-0.2, 0) is 9.59 Å². The molecular formula is C9H14N2O5. The molecule has 0 heterocycles. The van der Waals surface area contributed by atoms with Crippen LogP contribution in [0.3, 0.4) is 0 Å². The molecule has 1 aliphatic carbocycles. The van der Waals surface area contributed by atoms with Crippen molar-refractivity contribution in [3.8, 4) is 0 Å². The number of nitrogens with one attached hydrogen (secondary N) is 2. The van der Waals surface area contributed by atoms with Crippen LogP contribution < -0.4 is 10.6 Å². The molecule has 1 atom stereocenters. The van der Waals surface area contributed by atoms with Gasteiger partial charge in [0.1, 0.15) is 6.04 Å². The third-order valence-electron chi connectivity index (χ3n) is 2.23. The lowest BCUT2D eigenvalue weighted by atomic mass is 10.2. The Hall–Kier alpha value is -1.79. The van der Waals surface area contributed by atoms with E-state index in [1.165, 1.54) is 0 Å². The van der Waals surface area contributed by atoms with E-state index in [-0.39, 0.29) is 0 Å². The highest BCUT2D eigenvalue weighted by Gasteiger charge is 2.25. The van der Waals surface area contributed by atoms with Crippen LogP contribution in [0.15, 0.2) is 0 Å². The normalized spacial score (nSPS) is 16.2. The second-order valence-electron chi connectivity index (χ2n) is 3.79. The number of hydrogen-bond acceptors (Lipinski definition) is 3. The van der Waals surface area contributed by atoms with E-state index >= 15 is 0 Å². The van der Waals surface area contributed by atoms with Crippen LogP contribution in [0.25, 0.3) is 0 Å². The second-order valence-corrected chi connectivity index (χ2v) is 3.79. The molecule has 7 nitrogen and oxygen atoms in total. The summed E-state index contributed by atoms with van der Waals surface area (Å²) in [4.78, 5) is 32.1. The molecule has 7 heteroatoms. The summed E-state index contributed by atoms with van der Waals surface area (Å²) in [6.07, 6.45) is 1.50. The van der Waals surface area contributed by atoms with Crippen LogP contribution in [0.5, 0.6) is 0 Å².